The Hall–Kier alpha value is -16.6. The number of furan rings is 5. The molecular formula is C115H107N19O5. The molecule has 0 bridgehead atoms. The molecule has 0 amide bonds. The molecule has 0 radical (unpaired) electrons. The second-order valence-electron chi connectivity index (χ2n) is 36.8. The van der Waals surface area contributed by atoms with Gasteiger partial charge in [-0.25, -0.2) is 44.9 Å². The number of nitrogens with zero attached hydrogens (tertiary/aromatic N) is 19. The van der Waals surface area contributed by atoms with Crippen LogP contribution in [0.3, 0.4) is 0 Å². The Morgan fingerprint density at radius 3 is 0.899 bits per heavy atom. The summed E-state index contributed by atoms with van der Waals surface area (Å²) in [4.78, 5) is 64.2. The number of benzene rings is 8. The summed E-state index contributed by atoms with van der Waals surface area (Å²) in [5.41, 5.74) is 29.0. The molecule has 24 nitrogen and oxygen atoms in total. The molecule has 26 rings (SSSR count). The summed E-state index contributed by atoms with van der Waals surface area (Å²) in [6, 6.07) is 80.7. The molecular weight excluding hydrogens is 1730 g/mol. The number of fused-ring (bicyclic) bond motifs is 18. The molecule has 0 saturated heterocycles. The maximum atomic E-state index is 8.35. The fraction of sp³-hybridized carbons (Fsp3) is 0.209. The van der Waals surface area contributed by atoms with Gasteiger partial charge in [0.25, 0.3) is 0 Å². The molecule has 21 aromatic rings. The van der Waals surface area contributed by atoms with Gasteiger partial charge in [0.05, 0.1) is 41.2 Å². The van der Waals surface area contributed by atoms with Crippen molar-refractivity contribution in [1.82, 2.24) is 54.7 Å². The Kier molecular flexibility index (Phi) is 21.7. The lowest BCUT2D eigenvalue weighted by Gasteiger charge is -2.33. The van der Waals surface area contributed by atoms with Gasteiger partial charge >= 0.3 is 0 Å². The number of hydrogen-bond donors (Lipinski definition) is 0. The first-order chi connectivity index (χ1) is 67.7. The number of rotatable bonds is 9. The molecule has 5 atom stereocenters. The van der Waals surface area contributed by atoms with Gasteiger partial charge in [-0.2, -0.15) is 0 Å². The number of para-hydroxylation sites is 3. The third-order valence-corrected chi connectivity index (χ3v) is 27.5. The van der Waals surface area contributed by atoms with Crippen molar-refractivity contribution in [3.05, 3.63) is 342 Å². The van der Waals surface area contributed by atoms with Crippen molar-refractivity contribution in [2.24, 2.45) is 0 Å². The van der Waals surface area contributed by atoms with Gasteiger partial charge in [-0.15, -0.1) is 0 Å². The standard InChI is InChI=1S/2C26H22N4O.C25H21N5O.C20H23N3O.C18H19N3O/c1-16-11-13-20-21-14-12-17(2)28-26(21)31-24(20)23(16)30-18(3)29(19-8-5-4-6-9-19)25-22(30)10-7-15-27-25;1-16-11-13-20-21-14-12-17(2)28-26(21)31-24(20)23(16)30-18(3)29(19-8-5-4-6-9-19)22-10-7-15-27-25(22)30;1-15-9-11-19-20-12-10-16(2)28-25(20)31-22(19)21(15)30-17(3)29(18-7-5-4-6-8-18)23-24(30)27-14-13-26-23;1-12(2)22-10-11-23(15(22)5)18-13(3)6-8-16-17-9-7-14(4)21-20(17)24-19(16)18;1-11-5-7-14-15-8-6-12(2)19-18(15)22-17(14)16(11)21-10-9-20(4)13(21)3/h2*4-15,18H,1-3H3;4-14,17H,1-3H3;6-12,15H,1-5H3;5-10,13H,1-4H3/i;;;12D;. The summed E-state index contributed by atoms with van der Waals surface area (Å²) >= 11 is 0. The Morgan fingerprint density at radius 2 is 0.540 bits per heavy atom. The van der Waals surface area contributed by atoms with E-state index in [1.165, 1.54) is 5.56 Å². The zero-order valence-electron chi connectivity index (χ0n) is 82.1. The predicted octanol–water partition coefficient (Wildman–Crippen LogP) is 28.4. The van der Waals surface area contributed by atoms with E-state index >= 15 is 0 Å². The molecule has 13 aromatic heterocycles. The summed E-state index contributed by atoms with van der Waals surface area (Å²) in [5, 5.41) is 10.6. The van der Waals surface area contributed by atoms with E-state index in [1.54, 1.807) is 12.4 Å². The van der Waals surface area contributed by atoms with Crippen LogP contribution in [0.15, 0.2) is 308 Å². The van der Waals surface area contributed by atoms with Gasteiger partial charge in [-0.1, -0.05) is 115 Å². The first-order valence-corrected chi connectivity index (χ1v) is 47.3. The first kappa shape index (κ1) is 86.5. The highest BCUT2D eigenvalue weighted by atomic mass is 16.4. The van der Waals surface area contributed by atoms with Crippen LogP contribution in [-0.4, -0.2) is 98.6 Å². The molecule has 8 aromatic carbocycles. The van der Waals surface area contributed by atoms with Gasteiger partial charge in [0.15, 0.2) is 51.2 Å². The molecule has 0 aliphatic carbocycles. The smallest absolute Gasteiger partial charge is 0.227 e. The molecule has 139 heavy (non-hydrogen) atoms. The lowest BCUT2D eigenvalue weighted by Crippen LogP contribution is -2.39. The topological polar surface area (TPSA) is 214 Å². The first-order valence-electron chi connectivity index (χ1n) is 47.8. The highest BCUT2D eigenvalue weighted by Crippen LogP contribution is 2.55. The molecule has 0 saturated carbocycles. The summed E-state index contributed by atoms with van der Waals surface area (Å²) in [6.45, 7) is 35.2. The van der Waals surface area contributed by atoms with Crippen molar-refractivity contribution in [2.75, 3.05) is 46.2 Å². The largest absolute Gasteiger partial charge is 0.435 e. The van der Waals surface area contributed by atoms with Crippen LogP contribution in [0, 0.1) is 69.2 Å². The minimum Gasteiger partial charge on any atom is -0.435 e. The van der Waals surface area contributed by atoms with E-state index in [-0.39, 0.29) is 30.8 Å². The molecule has 0 spiro atoms. The molecule has 692 valence electrons. The van der Waals surface area contributed by atoms with Gasteiger partial charge in [-0.05, 0) is 267 Å². The zero-order chi connectivity index (χ0) is 96.7. The van der Waals surface area contributed by atoms with Crippen LogP contribution in [0.2, 0.25) is 0 Å². The summed E-state index contributed by atoms with van der Waals surface area (Å²) in [6.07, 6.45) is 15.7. The SMILES string of the molecule is Cc1ccc2c(n1)oc1c(N3C=CN(C)C3C)c(C)ccc12.Cc1ccc2c(n1)oc1c(N3c4cccnc4N(c4ccccc4)C3C)c(C)ccc12.Cc1ccc2c(n1)oc1c(N3c4ncccc4N(c4ccccc4)C3C)c(C)ccc12.Cc1ccc2c(n1)oc1c(N3c4nccnc4N(c4ccccc4)C3C)c(C)ccc12.[2H]C(C)(C)N1C=CN(c2c(C)ccc3c2oc2nc(C)ccc23)C1C. The molecule has 24 heteroatoms. The normalized spacial score (nSPS) is 16.7. The Bertz CT molecular complexity index is 7970. The quantitative estimate of drug-likeness (QED) is 0.131. The summed E-state index contributed by atoms with van der Waals surface area (Å²) in [7, 11) is 2.08. The van der Waals surface area contributed by atoms with Crippen LogP contribution >= 0.6 is 0 Å². The minimum atomic E-state index is -0.682. The van der Waals surface area contributed by atoms with Crippen molar-refractivity contribution in [1.29, 1.82) is 0 Å². The average Bonchev–Trinajstić information content (AvgIpc) is 1.57. The van der Waals surface area contributed by atoms with Crippen LogP contribution in [-0.2, 0) is 0 Å². The fourth-order valence-electron chi connectivity index (χ4n) is 20.6. The lowest BCUT2D eigenvalue weighted by atomic mass is 10.1. The van der Waals surface area contributed by atoms with Crippen LogP contribution in [0.4, 0.5) is 80.1 Å². The van der Waals surface area contributed by atoms with Crippen LogP contribution in [0.1, 0.15) is 106 Å². The summed E-state index contributed by atoms with van der Waals surface area (Å²) < 4.78 is 39.7. The average molecular weight is 1840 g/mol. The third-order valence-electron chi connectivity index (χ3n) is 27.5. The van der Waals surface area contributed by atoms with Crippen molar-refractivity contribution in [2.45, 2.75) is 155 Å². The van der Waals surface area contributed by atoms with E-state index in [1.807, 2.05) is 151 Å². The molecule has 5 aliphatic rings. The number of hydrogen-bond acceptors (Lipinski definition) is 24. The van der Waals surface area contributed by atoms with E-state index in [2.05, 4.69) is 326 Å². The van der Waals surface area contributed by atoms with E-state index in [0.29, 0.717) is 28.6 Å². The third kappa shape index (κ3) is 14.9. The van der Waals surface area contributed by atoms with E-state index < -0.39 is 6.02 Å². The predicted molar refractivity (Wildman–Crippen MR) is 563 cm³/mol. The Labute approximate surface area is 807 Å². The van der Waals surface area contributed by atoms with E-state index in [0.717, 1.165) is 213 Å². The number of anilines is 14. The molecule has 0 N–H and O–H groups in total. The highest BCUT2D eigenvalue weighted by Gasteiger charge is 2.43. The van der Waals surface area contributed by atoms with Crippen LogP contribution in [0.5, 0.6) is 0 Å². The minimum absolute atomic E-state index is 0.0273. The Morgan fingerprint density at radius 1 is 0.259 bits per heavy atom. The van der Waals surface area contributed by atoms with E-state index in [4.69, 9.17) is 38.4 Å². The van der Waals surface area contributed by atoms with Crippen molar-refractivity contribution < 1.29 is 23.5 Å². The maximum absolute atomic E-state index is 8.35. The van der Waals surface area contributed by atoms with Crippen molar-refractivity contribution in [3.8, 4) is 0 Å². The molecule has 5 aliphatic heterocycles. The fourth-order valence-corrected chi connectivity index (χ4v) is 20.6. The van der Waals surface area contributed by atoms with Gasteiger partial charge in [0.2, 0.25) is 28.6 Å². The molecule has 0 fully saturated rings. The zero-order valence-corrected chi connectivity index (χ0v) is 81.1. The van der Waals surface area contributed by atoms with E-state index in [9.17, 15) is 0 Å². The van der Waals surface area contributed by atoms with Crippen LogP contribution in [0.25, 0.3) is 110 Å². The van der Waals surface area contributed by atoms with Gasteiger partial charge in [0, 0.05) is 162 Å². The van der Waals surface area contributed by atoms with Gasteiger partial charge in [0.1, 0.15) is 30.8 Å². The molecule has 5 unspecified atom stereocenters. The Balaban J connectivity index is 0.000000101. The second-order valence-corrected chi connectivity index (χ2v) is 36.8. The van der Waals surface area contributed by atoms with Gasteiger partial charge < -0.3 is 61.3 Å². The van der Waals surface area contributed by atoms with Crippen molar-refractivity contribution >= 4 is 190 Å². The summed E-state index contributed by atoms with van der Waals surface area (Å²) in [5.74, 6) is 3.53. The van der Waals surface area contributed by atoms with Crippen LogP contribution < -0.4 is 39.2 Å². The number of pyridine rings is 7. The van der Waals surface area contributed by atoms with Crippen molar-refractivity contribution in [3.63, 3.8) is 0 Å². The van der Waals surface area contributed by atoms with Gasteiger partial charge in [-0.3, -0.25) is 9.80 Å². The highest BCUT2D eigenvalue weighted by molar-refractivity contribution is 6.15. The lowest BCUT2D eigenvalue weighted by molar-refractivity contribution is 0.263. The monoisotopic (exact) mass is 1830 g/mol. The number of aromatic nitrogens is 9. The second kappa shape index (κ2) is 34.9. The molecule has 18 heterocycles. The maximum Gasteiger partial charge on any atom is 0.227 e. The number of aryl methyl sites for hydroxylation is 10.